The van der Waals surface area contributed by atoms with Crippen LogP contribution >= 0.6 is 0 Å². The number of rotatable bonds is 1. The first kappa shape index (κ1) is 18.2. The number of hydrogen-bond donors (Lipinski definition) is 4. The molecule has 0 amide bonds. The van der Waals surface area contributed by atoms with Crippen LogP contribution in [0.1, 0.15) is 22.8 Å². The van der Waals surface area contributed by atoms with Crippen molar-refractivity contribution in [2.24, 2.45) is 0 Å². The molecule has 8 bridgehead atoms. The van der Waals surface area contributed by atoms with Crippen molar-refractivity contribution in [1.29, 1.82) is 0 Å². The quantitative estimate of drug-likeness (QED) is 0.306. The van der Waals surface area contributed by atoms with Gasteiger partial charge in [-0.2, -0.15) is 9.46 Å². The summed E-state index contributed by atoms with van der Waals surface area (Å²) in [5.41, 5.74) is 4.59. The Morgan fingerprint density at radius 1 is 0.531 bits per heavy atom. The van der Waals surface area contributed by atoms with Crippen molar-refractivity contribution in [1.82, 2.24) is 19.4 Å². The fourth-order valence-corrected chi connectivity index (χ4v) is 4.13. The normalized spacial score (nSPS) is 12.4. The van der Waals surface area contributed by atoms with E-state index in [2.05, 4.69) is 9.97 Å². The maximum Gasteiger partial charge on any atom is 0.0899 e. The molecule has 0 aliphatic carbocycles. The van der Waals surface area contributed by atoms with Crippen molar-refractivity contribution < 1.29 is 10.4 Å². The van der Waals surface area contributed by atoms with Crippen LogP contribution in [0, 0.1) is 0 Å². The summed E-state index contributed by atoms with van der Waals surface area (Å²) >= 11 is 0. The lowest BCUT2D eigenvalue weighted by Gasteiger charge is -2.02. The van der Waals surface area contributed by atoms with Gasteiger partial charge >= 0.3 is 0 Å². The molecule has 6 nitrogen and oxygen atoms in total. The molecule has 0 unspecified atom stereocenters. The van der Waals surface area contributed by atoms with E-state index in [4.69, 9.17) is 0 Å². The molecular weight excluding hydrogens is 400 g/mol. The smallest absolute Gasteiger partial charge is 0.0899 e. The minimum Gasteiger partial charge on any atom is -0.428 e. The van der Waals surface area contributed by atoms with Crippen LogP contribution in [0.5, 0.6) is 0 Å². The number of aromatic amines is 2. The van der Waals surface area contributed by atoms with Gasteiger partial charge in [-0.15, -0.1) is 0 Å². The van der Waals surface area contributed by atoms with Crippen LogP contribution in [0.4, 0.5) is 0 Å². The molecule has 0 atom stereocenters. The van der Waals surface area contributed by atoms with Crippen molar-refractivity contribution in [3.63, 3.8) is 0 Å². The van der Waals surface area contributed by atoms with Gasteiger partial charge in [-0.3, -0.25) is 0 Å². The zero-order valence-electron chi connectivity index (χ0n) is 17.0. The van der Waals surface area contributed by atoms with Crippen LogP contribution in [-0.4, -0.2) is 29.8 Å². The zero-order chi connectivity index (χ0) is 21.7. The summed E-state index contributed by atoms with van der Waals surface area (Å²) in [6, 6.07) is 23.5. The second-order valence-corrected chi connectivity index (χ2v) is 7.86. The van der Waals surface area contributed by atoms with E-state index in [9.17, 15) is 10.4 Å². The minimum atomic E-state index is 0.654. The molecular formula is C26H20N4O2. The predicted molar refractivity (Wildman–Crippen MR) is 123 cm³/mol. The Labute approximate surface area is 182 Å². The van der Waals surface area contributed by atoms with E-state index in [0.717, 1.165) is 37.3 Å². The molecule has 1 aliphatic heterocycles. The van der Waals surface area contributed by atoms with Gasteiger partial charge in [-0.1, -0.05) is 30.3 Å². The number of fused-ring (bicyclic) bond motifs is 8. The molecule has 4 aromatic heterocycles. The van der Waals surface area contributed by atoms with E-state index in [0.29, 0.717) is 22.8 Å². The van der Waals surface area contributed by atoms with Gasteiger partial charge in [0, 0.05) is 27.0 Å². The molecule has 0 radical (unpaired) electrons. The van der Waals surface area contributed by atoms with Crippen LogP contribution in [0.3, 0.4) is 0 Å². The van der Waals surface area contributed by atoms with Crippen LogP contribution in [0.2, 0.25) is 0 Å². The van der Waals surface area contributed by atoms with Crippen molar-refractivity contribution in [2.75, 3.05) is 0 Å². The SMILES string of the molecule is On1c2ccc1C=c1ccc([nH]1)=Cc1c(-c3ccccc3)cc(n1O)C=c1ccc([nH]1)=C2. The topological polar surface area (TPSA) is 81.9 Å². The number of aromatic nitrogens is 4. The number of benzene rings is 1. The van der Waals surface area contributed by atoms with Gasteiger partial charge in [0.15, 0.2) is 0 Å². The maximum atomic E-state index is 11.1. The van der Waals surface area contributed by atoms with Crippen molar-refractivity contribution >= 4 is 24.3 Å². The second kappa shape index (κ2) is 6.99. The van der Waals surface area contributed by atoms with Crippen molar-refractivity contribution in [3.05, 3.63) is 117 Å². The van der Waals surface area contributed by atoms with Crippen LogP contribution in [0.15, 0.2) is 72.8 Å². The average Bonchev–Trinajstić information content (AvgIpc) is 3.57. The van der Waals surface area contributed by atoms with Gasteiger partial charge in [0.2, 0.25) is 0 Å². The highest BCUT2D eigenvalue weighted by atomic mass is 16.5. The van der Waals surface area contributed by atoms with E-state index in [1.807, 2.05) is 97.1 Å². The molecule has 0 spiro atoms. The lowest BCUT2D eigenvalue weighted by Crippen LogP contribution is -2.13. The molecule has 0 saturated carbocycles. The number of nitrogens with one attached hydrogen (secondary N) is 2. The third kappa shape index (κ3) is 3.06. The lowest BCUT2D eigenvalue weighted by atomic mass is 10.1. The molecule has 156 valence electrons. The predicted octanol–water partition coefficient (Wildman–Crippen LogP) is 1.72. The molecule has 5 aromatic rings. The average molecular weight is 420 g/mol. The molecule has 1 aliphatic rings. The van der Waals surface area contributed by atoms with Gasteiger partial charge in [0.1, 0.15) is 0 Å². The number of hydrogen-bond acceptors (Lipinski definition) is 2. The fourth-order valence-electron chi connectivity index (χ4n) is 4.13. The Morgan fingerprint density at radius 2 is 1.06 bits per heavy atom. The van der Waals surface area contributed by atoms with Gasteiger partial charge in [-0.05, 0) is 72.3 Å². The minimum absolute atomic E-state index is 0.654. The van der Waals surface area contributed by atoms with E-state index >= 15 is 0 Å². The van der Waals surface area contributed by atoms with E-state index in [-0.39, 0.29) is 0 Å². The fraction of sp³-hybridized carbons (Fsp3) is 0. The molecule has 1 aromatic carbocycles. The first-order chi connectivity index (χ1) is 15.6. The highest BCUT2D eigenvalue weighted by Crippen LogP contribution is 2.27. The Morgan fingerprint density at radius 3 is 1.66 bits per heavy atom. The molecule has 5 heterocycles. The van der Waals surface area contributed by atoms with Gasteiger partial charge in [-0.25, -0.2) is 0 Å². The summed E-state index contributed by atoms with van der Waals surface area (Å²) in [7, 11) is 0. The van der Waals surface area contributed by atoms with Crippen molar-refractivity contribution in [3.8, 4) is 11.1 Å². The van der Waals surface area contributed by atoms with E-state index < -0.39 is 0 Å². The van der Waals surface area contributed by atoms with Crippen LogP contribution in [-0.2, 0) is 0 Å². The Balaban J connectivity index is 1.68. The molecule has 0 saturated heterocycles. The summed E-state index contributed by atoms with van der Waals surface area (Å²) in [5, 5.41) is 25.0. The first-order valence-corrected chi connectivity index (χ1v) is 10.3. The Kier molecular flexibility index (Phi) is 3.98. The largest absolute Gasteiger partial charge is 0.428 e. The number of nitrogens with zero attached hydrogens (tertiary/aromatic N) is 2. The molecule has 6 heteroatoms. The Bertz CT molecular complexity index is 1700. The van der Waals surface area contributed by atoms with Gasteiger partial charge < -0.3 is 20.4 Å². The summed E-state index contributed by atoms with van der Waals surface area (Å²) in [4.78, 5) is 6.66. The molecule has 0 fully saturated rings. The van der Waals surface area contributed by atoms with E-state index in [1.54, 1.807) is 0 Å². The first-order valence-electron chi connectivity index (χ1n) is 10.3. The summed E-state index contributed by atoms with van der Waals surface area (Å²) in [6.07, 6.45) is 7.55. The maximum absolute atomic E-state index is 11.1. The third-order valence-electron chi connectivity index (χ3n) is 5.70. The highest BCUT2D eigenvalue weighted by Gasteiger charge is 2.13. The molecule has 32 heavy (non-hydrogen) atoms. The summed E-state index contributed by atoms with van der Waals surface area (Å²) < 4.78 is 2.38. The summed E-state index contributed by atoms with van der Waals surface area (Å²) in [6.45, 7) is 0. The zero-order valence-corrected chi connectivity index (χ0v) is 17.0. The second-order valence-electron chi connectivity index (χ2n) is 7.86. The highest BCUT2D eigenvalue weighted by molar-refractivity contribution is 5.76. The van der Waals surface area contributed by atoms with Crippen LogP contribution in [0.25, 0.3) is 35.4 Å². The third-order valence-corrected chi connectivity index (χ3v) is 5.70. The van der Waals surface area contributed by atoms with Crippen molar-refractivity contribution in [2.45, 2.75) is 0 Å². The Hall–Kier alpha value is -4.58. The molecule has 6 rings (SSSR count). The standard InChI is InChI=1S/C26H20N4O2/c31-29-22-10-11-23(29)13-19-8-9-21(28-19)15-26-25(17-4-2-1-3-5-17)16-24(30(26)32)14-20-7-6-18(12-22)27-20/h1-16,27-28,31-32H. The van der Waals surface area contributed by atoms with E-state index in [1.165, 1.54) is 4.73 Å². The van der Waals surface area contributed by atoms with Crippen LogP contribution < -0.4 is 21.4 Å². The molecule has 4 N–H and O–H groups in total. The summed E-state index contributed by atoms with van der Waals surface area (Å²) in [5.74, 6) is 0. The van der Waals surface area contributed by atoms with Gasteiger partial charge in [0.25, 0.3) is 0 Å². The lowest BCUT2D eigenvalue weighted by molar-refractivity contribution is 0.183. The number of H-pyrrole nitrogens is 2. The monoisotopic (exact) mass is 420 g/mol. The van der Waals surface area contributed by atoms with Gasteiger partial charge in [0.05, 0.1) is 22.8 Å².